The molecule has 0 heterocycles. The van der Waals surface area contributed by atoms with Crippen LogP contribution in [0.1, 0.15) is 71.6 Å². The lowest BCUT2D eigenvalue weighted by atomic mass is 9.42. The summed E-state index contributed by atoms with van der Waals surface area (Å²) >= 11 is 0. The van der Waals surface area contributed by atoms with Gasteiger partial charge in [-0.25, -0.2) is 0 Å². The predicted octanol–water partition coefficient (Wildman–Crippen LogP) is 6.39. The third-order valence-corrected chi connectivity index (χ3v) is 9.88. The molecule has 0 spiro atoms. The van der Waals surface area contributed by atoms with Gasteiger partial charge in [-0.1, -0.05) is 75.8 Å². The van der Waals surface area contributed by atoms with Crippen LogP contribution in [-0.2, 0) is 20.8 Å². The molecule has 214 valence electrons. The van der Waals surface area contributed by atoms with Gasteiger partial charge in [-0.3, -0.25) is 14.4 Å². The van der Waals surface area contributed by atoms with Crippen LogP contribution < -0.4 is 0 Å². The van der Waals surface area contributed by atoms with Gasteiger partial charge in [0.25, 0.3) is 0 Å². The highest BCUT2D eigenvalue weighted by Gasteiger charge is 2.72. The van der Waals surface area contributed by atoms with Gasteiger partial charge in [0, 0.05) is 16.4 Å². The van der Waals surface area contributed by atoms with Crippen molar-refractivity contribution in [2.75, 3.05) is 0 Å². The number of hydrogen-bond donors (Lipinski definition) is 3. The van der Waals surface area contributed by atoms with Crippen molar-refractivity contribution in [2.24, 2.45) is 22.7 Å². The molecule has 0 unspecified atom stereocenters. The van der Waals surface area contributed by atoms with E-state index in [0.29, 0.717) is 17.6 Å². The van der Waals surface area contributed by atoms with Gasteiger partial charge >= 0.3 is 0 Å². The molecule has 0 aliphatic heterocycles. The normalized spacial score (nSPS) is 29.3. The molecule has 0 saturated heterocycles. The quantitative estimate of drug-likeness (QED) is 0.298. The number of phenols is 1. The number of Topliss-reactive ketones (excluding diaryl/α,β-unsaturated/α-hetero) is 3. The molecular formula is C35H38O6. The van der Waals surface area contributed by atoms with Gasteiger partial charge in [0.1, 0.15) is 11.5 Å². The number of aromatic hydroxyl groups is 1. The van der Waals surface area contributed by atoms with Gasteiger partial charge in [-0.15, -0.1) is 0 Å². The van der Waals surface area contributed by atoms with Crippen molar-refractivity contribution in [1.82, 2.24) is 0 Å². The average molecular weight is 555 g/mol. The zero-order valence-electron chi connectivity index (χ0n) is 24.8. The van der Waals surface area contributed by atoms with Gasteiger partial charge in [0.2, 0.25) is 11.6 Å². The largest absolute Gasteiger partial charge is 0.507 e. The first kappa shape index (κ1) is 28.7. The molecule has 0 radical (unpaired) electrons. The highest BCUT2D eigenvalue weighted by molar-refractivity contribution is 6.33. The van der Waals surface area contributed by atoms with Crippen LogP contribution in [0.25, 0.3) is 22.5 Å². The molecule has 6 heteroatoms. The number of benzene rings is 2. The molecule has 4 atom stereocenters. The van der Waals surface area contributed by atoms with Crippen molar-refractivity contribution in [1.29, 1.82) is 0 Å². The maximum Gasteiger partial charge on any atom is 0.206 e. The Labute approximate surface area is 241 Å². The van der Waals surface area contributed by atoms with E-state index >= 15 is 0 Å². The fourth-order valence-electron chi connectivity index (χ4n) is 8.45. The van der Waals surface area contributed by atoms with Gasteiger partial charge < -0.3 is 15.3 Å². The summed E-state index contributed by atoms with van der Waals surface area (Å²) in [5.74, 6) is -3.46. The minimum absolute atomic E-state index is 0.0756. The molecule has 2 aromatic rings. The van der Waals surface area contributed by atoms with Crippen molar-refractivity contribution in [3.63, 3.8) is 0 Å². The van der Waals surface area contributed by atoms with E-state index in [1.54, 1.807) is 19.9 Å². The number of aliphatic hydroxyl groups excluding tert-OH is 1. The minimum Gasteiger partial charge on any atom is -0.507 e. The highest BCUT2D eigenvalue weighted by Crippen LogP contribution is 2.65. The van der Waals surface area contributed by atoms with E-state index in [4.69, 9.17) is 0 Å². The number of carbonyl (C=O) groups is 3. The summed E-state index contributed by atoms with van der Waals surface area (Å²) in [5, 5.41) is 34.9. The monoisotopic (exact) mass is 554 g/mol. The second-order valence-corrected chi connectivity index (χ2v) is 13.1. The van der Waals surface area contributed by atoms with Gasteiger partial charge in [0.15, 0.2) is 11.4 Å². The van der Waals surface area contributed by atoms with Gasteiger partial charge in [-0.2, -0.15) is 0 Å². The Morgan fingerprint density at radius 3 is 2.15 bits per heavy atom. The maximum atomic E-state index is 14.5. The Kier molecular flexibility index (Phi) is 6.39. The van der Waals surface area contributed by atoms with E-state index in [-0.39, 0.29) is 34.8 Å². The van der Waals surface area contributed by atoms with Crippen LogP contribution in [0.15, 0.2) is 59.7 Å². The zero-order valence-corrected chi connectivity index (χ0v) is 24.8. The summed E-state index contributed by atoms with van der Waals surface area (Å²) < 4.78 is 0. The summed E-state index contributed by atoms with van der Waals surface area (Å²) in [5.41, 5.74) is 0.0829. The maximum absolute atomic E-state index is 14.5. The topological polar surface area (TPSA) is 112 Å². The number of carbonyl (C=O) groups excluding carboxylic acids is 3. The number of fused-ring (bicyclic) bond motifs is 3. The van der Waals surface area contributed by atoms with Crippen molar-refractivity contribution < 1.29 is 29.7 Å². The molecule has 0 aromatic heterocycles. The Balaban J connectivity index is 1.78. The predicted molar refractivity (Wildman–Crippen MR) is 159 cm³/mol. The highest BCUT2D eigenvalue weighted by atomic mass is 16.3. The molecule has 2 aromatic carbocycles. The lowest BCUT2D eigenvalue weighted by Gasteiger charge is -2.60. The molecule has 5 rings (SSSR count). The Bertz CT molecular complexity index is 1620. The molecule has 41 heavy (non-hydrogen) atoms. The summed E-state index contributed by atoms with van der Waals surface area (Å²) in [7, 11) is 0. The van der Waals surface area contributed by atoms with E-state index < -0.39 is 45.5 Å². The number of rotatable bonds is 4. The van der Waals surface area contributed by atoms with Crippen LogP contribution >= 0.6 is 0 Å². The van der Waals surface area contributed by atoms with E-state index in [9.17, 15) is 29.7 Å². The van der Waals surface area contributed by atoms with E-state index in [1.165, 1.54) is 13.0 Å². The number of ketones is 3. The fourth-order valence-corrected chi connectivity index (χ4v) is 8.45. The lowest BCUT2D eigenvalue weighted by Crippen LogP contribution is -2.70. The second kappa shape index (κ2) is 9.12. The second-order valence-electron chi connectivity index (χ2n) is 13.1. The molecule has 6 nitrogen and oxygen atoms in total. The molecule has 3 aliphatic rings. The zero-order chi connectivity index (χ0) is 30.4. The van der Waals surface area contributed by atoms with Crippen molar-refractivity contribution in [3.8, 4) is 16.9 Å². The van der Waals surface area contributed by atoms with E-state index in [0.717, 1.165) is 22.3 Å². The van der Waals surface area contributed by atoms with Crippen molar-refractivity contribution >= 4 is 28.7 Å². The van der Waals surface area contributed by atoms with E-state index in [1.807, 2.05) is 52.0 Å². The molecule has 1 saturated carbocycles. The van der Waals surface area contributed by atoms with Gasteiger partial charge in [-0.05, 0) is 73.8 Å². The summed E-state index contributed by atoms with van der Waals surface area (Å²) in [4.78, 5) is 41.0. The summed E-state index contributed by atoms with van der Waals surface area (Å²) in [6.45, 7) is 16.5. The van der Waals surface area contributed by atoms with Crippen LogP contribution in [0, 0.1) is 22.7 Å². The summed E-state index contributed by atoms with van der Waals surface area (Å²) in [6, 6.07) is 11.2. The molecule has 3 N–H and O–H groups in total. The third kappa shape index (κ3) is 3.69. The minimum atomic E-state index is -2.53. The lowest BCUT2D eigenvalue weighted by molar-refractivity contribution is -0.180. The number of hydrogen-bond acceptors (Lipinski definition) is 6. The first-order valence-electron chi connectivity index (χ1n) is 14.1. The van der Waals surface area contributed by atoms with Crippen LogP contribution in [0.5, 0.6) is 5.75 Å². The third-order valence-electron chi connectivity index (χ3n) is 9.88. The molecule has 0 amide bonds. The van der Waals surface area contributed by atoms with Crippen LogP contribution in [-0.4, -0.2) is 38.3 Å². The fraction of sp³-hybridized carbons (Fsp3) is 0.400. The summed E-state index contributed by atoms with van der Waals surface area (Å²) in [6.07, 6.45) is 0.508. The average Bonchev–Trinajstić information content (AvgIpc) is 2.86. The molecule has 3 aliphatic carbocycles. The number of aliphatic hydroxyl groups is 2. The van der Waals surface area contributed by atoms with Crippen molar-refractivity contribution in [3.05, 3.63) is 76.4 Å². The van der Waals surface area contributed by atoms with Crippen LogP contribution in [0.2, 0.25) is 0 Å². The molecule has 0 bridgehead atoms. The van der Waals surface area contributed by atoms with Crippen LogP contribution in [0.4, 0.5) is 0 Å². The standard InChI is InChI=1S/C35H38O6/c1-17(2)21-9-11-22(12-10-21)23-13-14-25(37)27-24(23)15-33(7)16-34(8)28(18(3)4)19(5)26(20(6)36)31(39)35(34,41)32(40)29(33)30(27)38/h9-14,18,28,37-38,41H,1,15-16H2,2-8H3/t28-,33+,34+,35-/m1/s1. The Morgan fingerprint density at radius 1 is 1.00 bits per heavy atom. The van der Waals surface area contributed by atoms with Gasteiger partial charge in [0.05, 0.1) is 11.1 Å². The Hall–Kier alpha value is -3.77. The first-order chi connectivity index (χ1) is 19.0. The molecule has 1 fully saturated rings. The van der Waals surface area contributed by atoms with Crippen LogP contribution in [0.3, 0.4) is 0 Å². The SMILES string of the molecule is C=C(C)c1ccc(-c2ccc(O)c3c2C[C@@]2(C)C[C@@]4(C)[C@H](C(C)C)C(C)=C(C(C)=O)C(=O)[C@@]4(O)C(=O)C2=C3O)cc1. The number of allylic oxidation sites excluding steroid dienone is 2. The van der Waals surface area contributed by atoms with E-state index in [2.05, 4.69) is 6.58 Å². The molecular weight excluding hydrogens is 516 g/mol. The number of phenolic OH excluding ortho intramolecular Hbond substituents is 1. The first-order valence-corrected chi connectivity index (χ1v) is 14.1. The Morgan fingerprint density at radius 2 is 1.61 bits per heavy atom. The van der Waals surface area contributed by atoms with Crippen molar-refractivity contribution in [2.45, 2.75) is 66.9 Å². The smallest absolute Gasteiger partial charge is 0.206 e.